The van der Waals surface area contributed by atoms with E-state index >= 15 is 0 Å². The molecule has 0 fully saturated rings. The highest BCUT2D eigenvalue weighted by Crippen LogP contribution is 2.54. The Balaban J connectivity index is 1.81. The second-order valence-electron chi connectivity index (χ2n) is 9.52. The molecule has 2 nitrogen and oxygen atoms in total. The van der Waals surface area contributed by atoms with Crippen LogP contribution in [-0.2, 0) is 0 Å². The Hall–Kier alpha value is -2.76. The molecular weight excluding hydrogens is 615 g/mol. The predicted molar refractivity (Wildman–Crippen MR) is 140 cm³/mol. The molecule has 1 aliphatic rings. The van der Waals surface area contributed by atoms with Gasteiger partial charge < -0.3 is 4.90 Å². The molecule has 0 N–H and O–H groups in total. The Kier molecular flexibility index (Phi) is 7.98. The van der Waals surface area contributed by atoms with Gasteiger partial charge in [0.1, 0.15) is 0 Å². The summed E-state index contributed by atoms with van der Waals surface area (Å²) in [6.07, 6.45) is -7.91. The summed E-state index contributed by atoms with van der Waals surface area (Å²) >= 11 is 3.43. The van der Waals surface area contributed by atoms with Crippen LogP contribution in [0.3, 0.4) is 0 Å². The lowest BCUT2D eigenvalue weighted by atomic mass is 9.98. The standard InChI is InChI=1S/C28H25BrF9N2/c1-3-15-39(4-2)18-10-8-17(9-11-18)24-20-7-5-6-19-21(29)12-13-22(23(19)20)40(24)16-14-25(30,31)26(32,33)27(34,35)28(36,37)38/h5-13H,3-4,14-16H2,1-2H3/q+1. The van der Waals surface area contributed by atoms with E-state index in [1.54, 1.807) is 42.5 Å². The van der Waals surface area contributed by atoms with Gasteiger partial charge in [0.15, 0.2) is 6.54 Å². The Morgan fingerprint density at radius 2 is 1.45 bits per heavy atom. The maximum absolute atomic E-state index is 14.6. The van der Waals surface area contributed by atoms with E-state index < -0.39 is 36.9 Å². The van der Waals surface area contributed by atoms with Crippen LogP contribution in [0, 0.1) is 0 Å². The molecule has 3 aromatic rings. The highest BCUT2D eigenvalue weighted by molar-refractivity contribution is 9.10. The van der Waals surface area contributed by atoms with Crippen LogP contribution in [0.2, 0.25) is 0 Å². The molecule has 0 unspecified atom stereocenters. The lowest BCUT2D eigenvalue weighted by Gasteiger charge is -2.33. The van der Waals surface area contributed by atoms with Crippen molar-refractivity contribution in [2.75, 3.05) is 24.5 Å². The molecule has 0 radical (unpaired) electrons. The largest absolute Gasteiger partial charge is 0.460 e. The number of anilines is 1. The molecule has 0 aliphatic carbocycles. The summed E-state index contributed by atoms with van der Waals surface area (Å²) in [6.45, 7) is 4.60. The van der Waals surface area contributed by atoms with E-state index in [1.165, 1.54) is 4.58 Å². The van der Waals surface area contributed by atoms with Gasteiger partial charge in [0.05, 0.1) is 17.4 Å². The number of rotatable bonds is 10. The molecule has 40 heavy (non-hydrogen) atoms. The van der Waals surface area contributed by atoms with Crippen LogP contribution in [0.15, 0.2) is 59.1 Å². The smallest absolute Gasteiger partial charge is 0.372 e. The first-order valence-electron chi connectivity index (χ1n) is 12.5. The third-order valence-corrected chi connectivity index (χ3v) is 7.71. The van der Waals surface area contributed by atoms with Gasteiger partial charge in [0.25, 0.3) is 0 Å². The first-order valence-corrected chi connectivity index (χ1v) is 13.3. The molecule has 0 bridgehead atoms. The maximum atomic E-state index is 14.6. The van der Waals surface area contributed by atoms with Crippen molar-refractivity contribution in [2.24, 2.45) is 0 Å². The molecule has 0 saturated heterocycles. The monoisotopic (exact) mass is 639 g/mol. The van der Waals surface area contributed by atoms with Crippen LogP contribution in [-0.4, -0.2) is 53.9 Å². The summed E-state index contributed by atoms with van der Waals surface area (Å²) < 4.78 is 124. The van der Waals surface area contributed by atoms with Gasteiger partial charge in [-0.15, -0.1) is 0 Å². The third-order valence-electron chi connectivity index (χ3n) is 7.02. The molecule has 0 spiro atoms. The van der Waals surface area contributed by atoms with Crippen molar-refractivity contribution < 1.29 is 44.1 Å². The van der Waals surface area contributed by atoms with E-state index in [1.807, 2.05) is 26.0 Å². The molecule has 1 aliphatic heterocycles. The van der Waals surface area contributed by atoms with Crippen LogP contribution >= 0.6 is 15.9 Å². The highest BCUT2D eigenvalue weighted by Gasteiger charge is 2.81. The molecule has 216 valence electrons. The fraction of sp³-hybridized carbons (Fsp3) is 0.393. The quantitative estimate of drug-likeness (QED) is 0.158. The fourth-order valence-electron chi connectivity index (χ4n) is 4.97. The summed E-state index contributed by atoms with van der Waals surface area (Å²) in [5, 5.41) is 1.29. The number of alkyl halides is 9. The highest BCUT2D eigenvalue weighted by atomic mass is 79.9. The summed E-state index contributed by atoms with van der Waals surface area (Å²) in [5.74, 6) is -19.3. The van der Waals surface area contributed by atoms with Crippen molar-refractivity contribution in [1.82, 2.24) is 0 Å². The second-order valence-corrected chi connectivity index (χ2v) is 10.4. The predicted octanol–water partition coefficient (Wildman–Crippen LogP) is 9.19. The van der Waals surface area contributed by atoms with Crippen molar-refractivity contribution in [1.29, 1.82) is 0 Å². The lowest BCUT2D eigenvalue weighted by Crippen LogP contribution is -2.61. The zero-order valence-corrected chi connectivity index (χ0v) is 23.0. The summed E-state index contributed by atoms with van der Waals surface area (Å²) in [5.41, 5.74) is 2.71. The number of halogens is 10. The molecular formula is C28H25BrF9N2+. The van der Waals surface area contributed by atoms with Gasteiger partial charge in [-0.25, -0.2) is 0 Å². The minimum absolute atomic E-state index is 0.343. The average Bonchev–Trinajstić information content (AvgIpc) is 3.21. The van der Waals surface area contributed by atoms with Gasteiger partial charge in [-0.2, -0.15) is 44.1 Å². The average molecular weight is 640 g/mol. The Labute approximate surface area is 233 Å². The Bertz CT molecular complexity index is 1430. The van der Waals surface area contributed by atoms with E-state index in [0.29, 0.717) is 37.8 Å². The van der Waals surface area contributed by atoms with Crippen molar-refractivity contribution in [3.63, 3.8) is 0 Å². The zero-order valence-electron chi connectivity index (χ0n) is 21.4. The van der Waals surface area contributed by atoms with Gasteiger partial charge in [-0.1, -0.05) is 35.0 Å². The first kappa shape index (κ1) is 30.2. The van der Waals surface area contributed by atoms with E-state index in [-0.39, 0.29) is 0 Å². The maximum Gasteiger partial charge on any atom is 0.460 e. The number of benzene rings is 3. The fourth-order valence-corrected chi connectivity index (χ4v) is 5.43. The van der Waals surface area contributed by atoms with E-state index in [9.17, 15) is 39.5 Å². The van der Waals surface area contributed by atoms with Crippen LogP contribution in [0.1, 0.15) is 37.8 Å². The van der Waals surface area contributed by atoms with Gasteiger partial charge in [0.2, 0.25) is 11.4 Å². The molecule has 0 aromatic heterocycles. The Morgan fingerprint density at radius 3 is 2.02 bits per heavy atom. The molecule has 0 amide bonds. The van der Waals surface area contributed by atoms with E-state index in [0.717, 1.165) is 25.2 Å². The van der Waals surface area contributed by atoms with Crippen LogP contribution < -0.4 is 4.90 Å². The SMILES string of the molecule is CCCN(CC)c1ccc(C2=[N+](CCC(F)(F)C(F)(F)C(F)(F)C(F)(F)F)c3ccc(Br)c4cccc2c34)cc1. The van der Waals surface area contributed by atoms with Gasteiger partial charge in [0, 0.05) is 40.3 Å². The molecule has 1 heterocycles. The Morgan fingerprint density at radius 1 is 0.800 bits per heavy atom. The van der Waals surface area contributed by atoms with E-state index in [2.05, 4.69) is 20.8 Å². The summed E-state index contributed by atoms with van der Waals surface area (Å²) in [6, 6.07) is 15.5. The van der Waals surface area contributed by atoms with Crippen molar-refractivity contribution in [3.8, 4) is 0 Å². The van der Waals surface area contributed by atoms with Crippen molar-refractivity contribution >= 4 is 43.8 Å². The number of nitrogens with zero attached hydrogens (tertiary/aromatic N) is 2. The molecule has 12 heteroatoms. The topological polar surface area (TPSA) is 6.25 Å². The van der Waals surface area contributed by atoms with Crippen LogP contribution in [0.4, 0.5) is 50.9 Å². The minimum Gasteiger partial charge on any atom is -0.372 e. The number of hydrogen-bond acceptors (Lipinski definition) is 1. The molecule has 0 saturated carbocycles. The van der Waals surface area contributed by atoms with Crippen molar-refractivity contribution in [2.45, 2.75) is 50.6 Å². The molecule has 3 aromatic carbocycles. The molecule has 4 rings (SSSR count). The molecule has 0 atom stereocenters. The van der Waals surface area contributed by atoms with Crippen molar-refractivity contribution in [3.05, 3.63) is 70.2 Å². The first-order chi connectivity index (χ1) is 18.6. The summed E-state index contributed by atoms with van der Waals surface area (Å²) in [4.78, 5) is 2.12. The zero-order chi connectivity index (χ0) is 29.7. The third kappa shape index (κ3) is 4.86. The van der Waals surface area contributed by atoms with E-state index in [4.69, 9.17) is 0 Å². The number of hydrogen-bond donors (Lipinski definition) is 0. The minimum atomic E-state index is -6.92. The second kappa shape index (κ2) is 10.6. The lowest BCUT2D eigenvalue weighted by molar-refractivity contribution is -0.452. The van der Waals surface area contributed by atoms with Gasteiger partial charge in [-0.3, -0.25) is 0 Å². The van der Waals surface area contributed by atoms with Crippen LogP contribution in [0.25, 0.3) is 10.8 Å². The summed E-state index contributed by atoms with van der Waals surface area (Å²) in [7, 11) is 0. The van der Waals surface area contributed by atoms with Gasteiger partial charge >= 0.3 is 23.9 Å². The van der Waals surface area contributed by atoms with Crippen LogP contribution in [0.5, 0.6) is 0 Å². The normalized spacial score (nSPS) is 14.4. The van der Waals surface area contributed by atoms with Gasteiger partial charge in [-0.05, 0) is 49.7 Å².